The summed E-state index contributed by atoms with van der Waals surface area (Å²) in [6.07, 6.45) is 0.971. The van der Waals surface area contributed by atoms with E-state index in [1.54, 1.807) is 16.3 Å². The van der Waals surface area contributed by atoms with Crippen LogP contribution in [0.4, 0.5) is 0 Å². The van der Waals surface area contributed by atoms with Crippen molar-refractivity contribution in [3.05, 3.63) is 0 Å². The molecule has 0 aromatic carbocycles. The van der Waals surface area contributed by atoms with Crippen molar-refractivity contribution in [2.45, 2.75) is 19.8 Å². The zero-order chi connectivity index (χ0) is 15.7. The maximum absolute atomic E-state index is 13.2. The molecule has 1 atom stereocenters. The largest absolute Gasteiger partial charge is 0.466 e. The van der Waals surface area contributed by atoms with Crippen molar-refractivity contribution in [3.8, 4) is 0 Å². The van der Waals surface area contributed by atoms with Crippen molar-refractivity contribution >= 4 is 36.8 Å². The molecule has 21 heavy (non-hydrogen) atoms. The Morgan fingerprint density at radius 1 is 1.38 bits per heavy atom. The smallest absolute Gasteiger partial charge is 0.346 e. The van der Waals surface area contributed by atoms with Gasteiger partial charge in [0.15, 0.2) is 0 Å². The van der Waals surface area contributed by atoms with Crippen LogP contribution in [-0.4, -0.2) is 66.5 Å². The first kappa shape index (κ1) is 19.2. The Labute approximate surface area is 136 Å². The normalized spacial score (nSPS) is 23.4. The zero-order valence-electron chi connectivity index (χ0n) is 12.3. The van der Waals surface area contributed by atoms with Gasteiger partial charge >= 0.3 is 13.6 Å². The molecule has 9 heteroatoms. The minimum absolute atomic E-state index is 0.191. The summed E-state index contributed by atoms with van der Waals surface area (Å²) in [7, 11) is -3.15. The predicted octanol–water partition coefficient (Wildman–Crippen LogP) is 2.55. The highest BCUT2D eigenvalue weighted by Gasteiger charge is 2.40. The van der Waals surface area contributed by atoms with Crippen molar-refractivity contribution < 1.29 is 18.6 Å². The highest BCUT2D eigenvalue weighted by atomic mass is 35.5. The molecule has 1 rings (SSSR count). The van der Waals surface area contributed by atoms with Crippen LogP contribution in [0.25, 0.3) is 0 Å². The summed E-state index contributed by atoms with van der Waals surface area (Å²) in [5.41, 5.74) is 0. The molecule has 0 bridgehead atoms. The Bertz CT molecular complexity index is 367. The number of halogens is 2. The minimum atomic E-state index is -3.15. The molecule has 1 aliphatic rings. The van der Waals surface area contributed by atoms with Crippen LogP contribution in [0.15, 0.2) is 0 Å². The topological polar surface area (TPSA) is 59.1 Å². The van der Waals surface area contributed by atoms with Gasteiger partial charge in [-0.3, -0.25) is 9.36 Å². The third-order valence-electron chi connectivity index (χ3n) is 3.10. The lowest BCUT2D eigenvalue weighted by Gasteiger charge is -2.40. The quantitative estimate of drug-likeness (QED) is 0.357. The van der Waals surface area contributed by atoms with Gasteiger partial charge in [-0.25, -0.2) is 9.34 Å². The van der Waals surface area contributed by atoms with Crippen LogP contribution in [0.1, 0.15) is 19.8 Å². The number of hydrogen-bond donors (Lipinski definition) is 0. The number of nitrogens with zero attached hydrogens (tertiary/aromatic N) is 2. The van der Waals surface area contributed by atoms with Gasteiger partial charge in [-0.15, -0.1) is 23.2 Å². The van der Waals surface area contributed by atoms with Gasteiger partial charge in [0.25, 0.3) is 0 Å². The molecule has 1 heterocycles. The summed E-state index contributed by atoms with van der Waals surface area (Å²) in [4.78, 5) is 11.5. The molecule has 0 radical (unpaired) electrons. The molecule has 0 spiro atoms. The summed E-state index contributed by atoms with van der Waals surface area (Å²) >= 11 is 11.6. The second-order valence-electron chi connectivity index (χ2n) is 4.52. The van der Waals surface area contributed by atoms with Gasteiger partial charge in [-0.1, -0.05) is 0 Å². The van der Waals surface area contributed by atoms with E-state index in [1.807, 2.05) is 0 Å². The molecule has 1 unspecified atom stereocenters. The summed E-state index contributed by atoms with van der Waals surface area (Å²) in [5.74, 6) is 0.391. The van der Waals surface area contributed by atoms with E-state index in [1.165, 1.54) is 0 Å². The second kappa shape index (κ2) is 10.0. The maximum Gasteiger partial charge on any atom is 0.346 e. The van der Waals surface area contributed by atoms with Crippen LogP contribution in [0.2, 0.25) is 0 Å². The molecule has 1 saturated heterocycles. The molecule has 0 aromatic heterocycles. The molecule has 0 N–H and O–H groups in total. The van der Waals surface area contributed by atoms with Crippen LogP contribution in [0.5, 0.6) is 0 Å². The summed E-state index contributed by atoms with van der Waals surface area (Å²) in [5, 5.41) is 0. The lowest BCUT2D eigenvalue weighted by Crippen LogP contribution is -2.40. The number of carbonyl (C=O) groups is 1. The number of carbonyl (C=O) groups excluding carboxylic acids is 1. The first-order valence-corrected chi connectivity index (χ1v) is 9.71. The third kappa shape index (κ3) is 5.70. The summed E-state index contributed by atoms with van der Waals surface area (Å²) in [6.45, 7) is 4.37. The first-order valence-electron chi connectivity index (χ1n) is 7.11. The molecule has 1 aliphatic heterocycles. The van der Waals surface area contributed by atoms with Crippen molar-refractivity contribution in [2.75, 3.05) is 51.2 Å². The number of esters is 1. The van der Waals surface area contributed by atoms with Crippen LogP contribution in [0, 0.1) is 0 Å². The van der Waals surface area contributed by atoms with E-state index in [9.17, 15) is 9.36 Å². The summed E-state index contributed by atoms with van der Waals surface area (Å²) in [6, 6.07) is 0. The van der Waals surface area contributed by atoms with Crippen molar-refractivity contribution in [1.82, 2.24) is 9.34 Å². The van der Waals surface area contributed by atoms with E-state index in [-0.39, 0.29) is 12.4 Å². The highest BCUT2D eigenvalue weighted by Crippen LogP contribution is 2.56. The molecular formula is C12H23Cl2N2O4P. The Kier molecular flexibility index (Phi) is 9.18. The van der Waals surface area contributed by atoms with Crippen LogP contribution >= 0.6 is 30.9 Å². The fourth-order valence-electron chi connectivity index (χ4n) is 2.15. The Morgan fingerprint density at radius 2 is 2.05 bits per heavy atom. The minimum Gasteiger partial charge on any atom is -0.466 e. The van der Waals surface area contributed by atoms with Crippen molar-refractivity contribution in [1.29, 1.82) is 0 Å². The van der Waals surface area contributed by atoms with Gasteiger partial charge < -0.3 is 9.26 Å². The van der Waals surface area contributed by atoms with E-state index < -0.39 is 7.67 Å². The lowest BCUT2D eigenvalue weighted by molar-refractivity contribution is -0.143. The molecular weight excluding hydrogens is 338 g/mol. The van der Waals surface area contributed by atoms with E-state index in [2.05, 4.69) is 0 Å². The van der Waals surface area contributed by atoms with Gasteiger partial charge in [0, 0.05) is 37.9 Å². The van der Waals surface area contributed by atoms with E-state index in [0.717, 1.165) is 6.42 Å². The zero-order valence-corrected chi connectivity index (χ0v) is 14.7. The summed E-state index contributed by atoms with van der Waals surface area (Å²) < 4.78 is 27.1. The molecule has 0 aliphatic carbocycles. The number of rotatable bonds is 9. The molecule has 124 valence electrons. The first-order chi connectivity index (χ1) is 10.1. The van der Waals surface area contributed by atoms with Gasteiger partial charge in [0.2, 0.25) is 0 Å². The monoisotopic (exact) mass is 360 g/mol. The number of ether oxygens (including phenoxy) is 1. The highest BCUT2D eigenvalue weighted by molar-refractivity contribution is 7.54. The lowest BCUT2D eigenvalue weighted by atomic mass is 10.4. The second-order valence-corrected chi connectivity index (χ2v) is 7.64. The predicted molar refractivity (Wildman–Crippen MR) is 84.0 cm³/mol. The molecule has 1 fully saturated rings. The number of alkyl halides is 2. The van der Waals surface area contributed by atoms with Crippen LogP contribution in [-0.2, 0) is 18.6 Å². The molecule has 0 saturated carbocycles. The van der Waals surface area contributed by atoms with E-state index in [0.29, 0.717) is 51.2 Å². The molecule has 6 nitrogen and oxygen atoms in total. The molecule has 0 amide bonds. The SMILES string of the molecule is CCOC(=O)CCN1CCCOP1(=O)N(CCCl)CCCl. The van der Waals surface area contributed by atoms with E-state index >= 15 is 0 Å². The van der Waals surface area contributed by atoms with Gasteiger partial charge in [-0.05, 0) is 13.3 Å². The Hall–Kier alpha value is 0.160. The van der Waals surface area contributed by atoms with Gasteiger partial charge in [0.1, 0.15) is 0 Å². The number of hydrogen-bond acceptors (Lipinski definition) is 4. The van der Waals surface area contributed by atoms with E-state index in [4.69, 9.17) is 32.5 Å². The Morgan fingerprint density at radius 3 is 2.62 bits per heavy atom. The fourth-order valence-corrected chi connectivity index (χ4v) is 5.30. The Balaban J connectivity index is 2.73. The van der Waals surface area contributed by atoms with Crippen molar-refractivity contribution in [3.63, 3.8) is 0 Å². The van der Waals surface area contributed by atoms with Crippen LogP contribution < -0.4 is 0 Å². The average molecular weight is 361 g/mol. The maximum atomic E-state index is 13.2. The van der Waals surface area contributed by atoms with Crippen LogP contribution in [0.3, 0.4) is 0 Å². The fraction of sp³-hybridized carbons (Fsp3) is 0.917. The van der Waals surface area contributed by atoms with Gasteiger partial charge in [0.05, 0.1) is 19.6 Å². The molecule has 0 aromatic rings. The third-order valence-corrected chi connectivity index (χ3v) is 6.19. The standard InChI is InChI=1S/C12H23Cl2N2O4P/c1-2-19-12(17)4-8-15-7-3-11-20-21(15,18)16(9-5-13)10-6-14/h2-11H2,1H3. The van der Waals surface area contributed by atoms with Crippen molar-refractivity contribution in [2.24, 2.45) is 0 Å². The van der Waals surface area contributed by atoms with Gasteiger partial charge in [-0.2, -0.15) is 0 Å². The average Bonchev–Trinajstić information content (AvgIpc) is 2.46.